The average molecular weight is 492 g/mol. The molecule has 9 heteroatoms. The molecule has 1 aliphatic carbocycles. The first kappa shape index (κ1) is 22.0. The summed E-state index contributed by atoms with van der Waals surface area (Å²) in [6.45, 7) is 6.30. The Balaban J connectivity index is 1.23. The summed E-state index contributed by atoms with van der Waals surface area (Å²) >= 11 is 0. The number of aromatic nitrogens is 7. The fraction of sp³-hybridized carbons (Fsp3) is 0.321. The number of aromatic amines is 2. The maximum atomic E-state index is 4.98. The van der Waals surface area contributed by atoms with Crippen molar-refractivity contribution in [3.63, 3.8) is 0 Å². The molecule has 0 aromatic carbocycles. The van der Waals surface area contributed by atoms with Crippen LogP contribution >= 0.6 is 0 Å². The molecule has 9 nitrogen and oxygen atoms in total. The highest BCUT2D eigenvalue weighted by atomic mass is 15.2. The van der Waals surface area contributed by atoms with Gasteiger partial charge in [-0.2, -0.15) is 5.10 Å². The molecule has 0 amide bonds. The Hall–Kier alpha value is -4.27. The smallest absolute Gasteiger partial charge is 0.161 e. The number of allylic oxidation sites excluding steroid dienone is 1. The van der Waals surface area contributed by atoms with E-state index in [1.54, 1.807) is 0 Å². The second kappa shape index (κ2) is 8.99. The van der Waals surface area contributed by atoms with Gasteiger partial charge in [-0.3, -0.25) is 15.1 Å². The average Bonchev–Trinajstić information content (AvgIpc) is 3.52. The van der Waals surface area contributed by atoms with Gasteiger partial charge in [0, 0.05) is 30.5 Å². The minimum absolute atomic E-state index is 0.557. The number of pyridine rings is 3. The van der Waals surface area contributed by atoms with E-state index in [1.807, 2.05) is 36.9 Å². The van der Waals surface area contributed by atoms with Gasteiger partial charge in [0.1, 0.15) is 11.0 Å². The zero-order chi connectivity index (χ0) is 24.8. The number of nitrogens with zero attached hydrogens (tertiary/aromatic N) is 6. The largest absolute Gasteiger partial charge is 0.368 e. The number of rotatable bonds is 6. The van der Waals surface area contributed by atoms with Crippen molar-refractivity contribution in [2.45, 2.75) is 38.5 Å². The zero-order valence-electron chi connectivity index (χ0n) is 20.7. The lowest BCUT2D eigenvalue weighted by Crippen LogP contribution is -2.29. The third-order valence-corrected chi connectivity index (χ3v) is 7.64. The summed E-state index contributed by atoms with van der Waals surface area (Å²) in [5, 5.41) is 11.1. The first-order chi connectivity index (χ1) is 18.2. The highest BCUT2D eigenvalue weighted by molar-refractivity contribution is 5.94. The summed E-state index contributed by atoms with van der Waals surface area (Å²) < 4.78 is 0. The Morgan fingerprint density at radius 2 is 1.78 bits per heavy atom. The lowest BCUT2D eigenvalue weighted by molar-refractivity contribution is 0.371. The van der Waals surface area contributed by atoms with E-state index in [1.165, 1.54) is 38.5 Å². The second-order valence-corrected chi connectivity index (χ2v) is 10.1. The lowest BCUT2D eigenvalue weighted by Gasteiger charge is -2.28. The van der Waals surface area contributed by atoms with Crippen molar-refractivity contribution < 1.29 is 0 Å². The predicted molar refractivity (Wildman–Crippen MR) is 146 cm³/mol. The highest BCUT2D eigenvalue weighted by Crippen LogP contribution is 2.34. The molecule has 6 heterocycles. The fourth-order valence-electron chi connectivity index (χ4n) is 5.31. The Kier molecular flexibility index (Phi) is 5.34. The van der Waals surface area contributed by atoms with E-state index >= 15 is 0 Å². The van der Waals surface area contributed by atoms with Gasteiger partial charge in [0.05, 0.1) is 46.7 Å². The normalized spacial score (nSPS) is 16.3. The zero-order valence-corrected chi connectivity index (χ0v) is 20.7. The SMILES string of the molecule is C=C(Nc1cncc(-c2ccc3[nH]nc(-c4nc5c(N6CCCCC6)cncc5[nH]4)c3n2)c1)C1CCC1. The van der Waals surface area contributed by atoms with Gasteiger partial charge in [0.2, 0.25) is 0 Å². The van der Waals surface area contributed by atoms with Crippen LogP contribution in [0.1, 0.15) is 38.5 Å². The lowest BCUT2D eigenvalue weighted by atomic mass is 9.83. The van der Waals surface area contributed by atoms with E-state index in [2.05, 4.69) is 48.0 Å². The molecule has 0 spiro atoms. The third-order valence-electron chi connectivity index (χ3n) is 7.64. The first-order valence-corrected chi connectivity index (χ1v) is 13.1. The van der Waals surface area contributed by atoms with Crippen molar-refractivity contribution in [3.8, 4) is 22.8 Å². The van der Waals surface area contributed by atoms with Crippen molar-refractivity contribution >= 4 is 33.4 Å². The van der Waals surface area contributed by atoms with Gasteiger partial charge in [-0.25, -0.2) is 9.97 Å². The molecule has 7 rings (SSSR count). The number of nitrogens with one attached hydrogen (secondary N) is 3. The number of hydrogen-bond donors (Lipinski definition) is 3. The summed E-state index contributed by atoms with van der Waals surface area (Å²) in [7, 11) is 0. The van der Waals surface area contributed by atoms with Crippen LogP contribution in [0, 0.1) is 5.92 Å². The Labute approximate surface area is 214 Å². The van der Waals surface area contributed by atoms with Gasteiger partial charge in [-0.1, -0.05) is 13.0 Å². The second-order valence-electron chi connectivity index (χ2n) is 10.1. The van der Waals surface area contributed by atoms with Crippen LogP contribution in [-0.2, 0) is 0 Å². The molecule has 2 aliphatic rings. The quantitative estimate of drug-likeness (QED) is 0.280. The molecule has 5 aromatic rings. The number of piperidine rings is 1. The molecule has 37 heavy (non-hydrogen) atoms. The van der Waals surface area contributed by atoms with Gasteiger partial charge in [0.15, 0.2) is 11.5 Å². The topological polar surface area (TPSA) is 111 Å². The van der Waals surface area contributed by atoms with Crippen molar-refractivity contribution in [2.75, 3.05) is 23.3 Å². The minimum atomic E-state index is 0.557. The molecule has 1 saturated carbocycles. The van der Waals surface area contributed by atoms with Gasteiger partial charge in [-0.15, -0.1) is 0 Å². The van der Waals surface area contributed by atoms with E-state index in [9.17, 15) is 0 Å². The Morgan fingerprint density at radius 1 is 0.919 bits per heavy atom. The van der Waals surface area contributed by atoms with Crippen LogP contribution in [-0.4, -0.2) is 48.2 Å². The summed E-state index contributed by atoms with van der Waals surface area (Å²) in [5.74, 6) is 1.24. The number of anilines is 2. The van der Waals surface area contributed by atoms with E-state index in [0.29, 0.717) is 17.4 Å². The van der Waals surface area contributed by atoms with Crippen molar-refractivity contribution in [2.24, 2.45) is 5.92 Å². The minimum Gasteiger partial charge on any atom is -0.368 e. The van der Waals surface area contributed by atoms with Crippen molar-refractivity contribution in [1.29, 1.82) is 0 Å². The molecule has 0 unspecified atom stereocenters. The van der Waals surface area contributed by atoms with Gasteiger partial charge >= 0.3 is 0 Å². The van der Waals surface area contributed by atoms with Gasteiger partial charge in [-0.05, 0) is 56.2 Å². The summed E-state index contributed by atoms with van der Waals surface area (Å²) in [4.78, 5) is 24.7. The van der Waals surface area contributed by atoms with Crippen molar-refractivity contribution in [1.82, 2.24) is 35.1 Å². The number of hydrogen-bond acceptors (Lipinski definition) is 7. The Bertz CT molecular complexity index is 1600. The first-order valence-electron chi connectivity index (χ1n) is 13.1. The van der Waals surface area contributed by atoms with Gasteiger partial charge in [0.25, 0.3) is 0 Å². The molecule has 186 valence electrons. The standard InChI is InChI=1S/C28H29N9/c1-17(18-6-5-7-18)31-20-12-19(13-29-14-20)21-8-9-22-26(32-21)27(36-35-22)28-33-23-15-30-16-24(25(23)34-28)37-10-3-2-4-11-37/h8-9,12-16,18,31H,1-7,10-11H2,(H,33,34)(H,35,36). The van der Waals surface area contributed by atoms with Crippen LogP contribution in [0.5, 0.6) is 0 Å². The predicted octanol–water partition coefficient (Wildman–Crippen LogP) is 5.67. The van der Waals surface area contributed by atoms with Crippen LogP contribution < -0.4 is 10.2 Å². The maximum absolute atomic E-state index is 4.98. The van der Waals surface area contributed by atoms with Crippen LogP contribution in [0.15, 0.2) is 55.3 Å². The molecule has 1 saturated heterocycles. The van der Waals surface area contributed by atoms with E-state index in [-0.39, 0.29) is 0 Å². The number of fused-ring (bicyclic) bond motifs is 2. The van der Waals surface area contributed by atoms with Crippen LogP contribution in [0.3, 0.4) is 0 Å². The molecule has 3 N–H and O–H groups in total. The number of H-pyrrole nitrogens is 2. The third kappa shape index (κ3) is 4.00. The molecule has 5 aromatic heterocycles. The van der Waals surface area contributed by atoms with Crippen LogP contribution in [0.2, 0.25) is 0 Å². The number of imidazole rings is 1. The maximum Gasteiger partial charge on any atom is 0.161 e. The highest BCUT2D eigenvalue weighted by Gasteiger charge is 2.21. The summed E-state index contributed by atoms with van der Waals surface area (Å²) in [5.41, 5.74) is 8.97. The monoisotopic (exact) mass is 491 g/mol. The molecule has 0 atom stereocenters. The van der Waals surface area contributed by atoms with Crippen LogP contribution in [0.4, 0.5) is 11.4 Å². The molecular weight excluding hydrogens is 462 g/mol. The van der Waals surface area contributed by atoms with E-state index in [0.717, 1.165) is 63.5 Å². The fourth-order valence-corrected chi connectivity index (χ4v) is 5.31. The molecule has 0 bridgehead atoms. The van der Waals surface area contributed by atoms with E-state index in [4.69, 9.17) is 9.97 Å². The summed E-state index contributed by atoms with van der Waals surface area (Å²) in [6.07, 6.45) is 14.8. The molecule has 0 radical (unpaired) electrons. The van der Waals surface area contributed by atoms with Crippen LogP contribution in [0.25, 0.3) is 44.8 Å². The molecular formula is C28H29N9. The van der Waals surface area contributed by atoms with Crippen molar-refractivity contribution in [3.05, 3.63) is 55.3 Å². The summed E-state index contributed by atoms with van der Waals surface area (Å²) in [6, 6.07) is 6.07. The molecule has 2 fully saturated rings. The Morgan fingerprint density at radius 3 is 2.62 bits per heavy atom. The van der Waals surface area contributed by atoms with E-state index < -0.39 is 0 Å². The van der Waals surface area contributed by atoms with Gasteiger partial charge < -0.3 is 15.2 Å². The molecule has 1 aliphatic heterocycles.